The Hall–Kier alpha value is -1.89. The molecule has 1 rings (SSSR count). The third-order valence-corrected chi connectivity index (χ3v) is 3.12. The Morgan fingerprint density at radius 2 is 2.04 bits per heavy atom. The first-order chi connectivity index (χ1) is 10.9. The van der Waals surface area contributed by atoms with Gasteiger partial charge >= 0.3 is 6.61 Å². The largest absolute Gasteiger partial charge is 0.435 e. The first-order valence-electron chi connectivity index (χ1n) is 7.47. The average Bonchev–Trinajstić information content (AvgIpc) is 2.50. The second-order valence-corrected chi connectivity index (χ2v) is 5.54. The molecule has 0 atom stereocenters. The second kappa shape index (κ2) is 9.29. The molecule has 0 aliphatic rings. The van der Waals surface area contributed by atoms with Gasteiger partial charge in [-0.15, -0.1) is 0 Å². The van der Waals surface area contributed by atoms with E-state index in [9.17, 15) is 8.78 Å². The first-order valence-corrected chi connectivity index (χ1v) is 7.47. The van der Waals surface area contributed by atoms with Crippen LogP contribution in [0.4, 0.5) is 8.78 Å². The maximum Gasteiger partial charge on any atom is 0.387 e. The SMILES string of the molecule is CCNC(=NCc1cccc(OC(F)F)c1)NCC(C)(C)OC. The smallest absolute Gasteiger partial charge is 0.387 e. The van der Waals surface area contributed by atoms with Crippen molar-refractivity contribution in [2.45, 2.75) is 39.5 Å². The van der Waals surface area contributed by atoms with Crippen LogP contribution in [0.5, 0.6) is 5.75 Å². The molecule has 0 amide bonds. The summed E-state index contributed by atoms with van der Waals surface area (Å²) in [5, 5.41) is 6.32. The third kappa shape index (κ3) is 7.78. The minimum Gasteiger partial charge on any atom is -0.435 e. The Morgan fingerprint density at radius 1 is 1.30 bits per heavy atom. The van der Waals surface area contributed by atoms with Crippen molar-refractivity contribution in [3.63, 3.8) is 0 Å². The lowest BCUT2D eigenvalue weighted by atomic mass is 10.1. The minimum absolute atomic E-state index is 0.131. The van der Waals surface area contributed by atoms with Gasteiger partial charge in [0.05, 0.1) is 12.1 Å². The van der Waals surface area contributed by atoms with Crippen LogP contribution in [0.2, 0.25) is 0 Å². The highest BCUT2D eigenvalue weighted by molar-refractivity contribution is 5.79. The van der Waals surface area contributed by atoms with Crippen LogP contribution in [0.3, 0.4) is 0 Å². The van der Waals surface area contributed by atoms with Crippen LogP contribution in [0.1, 0.15) is 26.3 Å². The molecule has 0 saturated heterocycles. The Bertz CT molecular complexity index is 508. The van der Waals surface area contributed by atoms with Crippen LogP contribution < -0.4 is 15.4 Å². The Labute approximate surface area is 136 Å². The number of alkyl halides is 2. The number of aliphatic imine (C=N–C) groups is 1. The van der Waals surface area contributed by atoms with Crippen molar-refractivity contribution in [3.8, 4) is 5.75 Å². The number of nitrogens with zero attached hydrogens (tertiary/aromatic N) is 1. The molecule has 130 valence electrons. The zero-order chi connectivity index (χ0) is 17.3. The minimum atomic E-state index is -2.83. The summed E-state index contributed by atoms with van der Waals surface area (Å²) in [7, 11) is 1.65. The Morgan fingerprint density at radius 3 is 2.65 bits per heavy atom. The third-order valence-electron chi connectivity index (χ3n) is 3.12. The summed E-state index contributed by atoms with van der Waals surface area (Å²) in [6.45, 7) is 4.73. The number of hydrogen-bond acceptors (Lipinski definition) is 3. The van der Waals surface area contributed by atoms with E-state index in [1.807, 2.05) is 26.8 Å². The van der Waals surface area contributed by atoms with Crippen LogP contribution in [-0.2, 0) is 11.3 Å². The molecular weight excluding hydrogens is 304 g/mol. The van der Waals surface area contributed by atoms with Gasteiger partial charge in [-0.05, 0) is 38.5 Å². The summed E-state index contributed by atoms with van der Waals surface area (Å²) in [5.41, 5.74) is 0.465. The fourth-order valence-electron chi connectivity index (χ4n) is 1.70. The zero-order valence-corrected chi connectivity index (χ0v) is 14.0. The van der Waals surface area contributed by atoms with E-state index in [1.54, 1.807) is 19.2 Å². The highest BCUT2D eigenvalue weighted by Crippen LogP contribution is 2.16. The zero-order valence-electron chi connectivity index (χ0n) is 14.0. The van der Waals surface area contributed by atoms with E-state index < -0.39 is 6.61 Å². The summed E-state index contributed by atoms with van der Waals surface area (Å²) in [5.74, 6) is 0.768. The lowest BCUT2D eigenvalue weighted by molar-refractivity contribution is -0.0498. The Balaban J connectivity index is 2.69. The number of hydrogen-bond donors (Lipinski definition) is 2. The van der Waals surface area contributed by atoms with Crippen molar-refractivity contribution in [2.24, 2.45) is 4.99 Å². The van der Waals surface area contributed by atoms with E-state index in [2.05, 4.69) is 20.4 Å². The van der Waals surface area contributed by atoms with Crippen molar-refractivity contribution in [1.82, 2.24) is 10.6 Å². The Kier molecular flexibility index (Phi) is 7.74. The maximum absolute atomic E-state index is 12.2. The van der Waals surface area contributed by atoms with Gasteiger partial charge in [0.25, 0.3) is 0 Å². The van der Waals surface area contributed by atoms with E-state index in [4.69, 9.17) is 4.74 Å². The predicted octanol–water partition coefficient (Wildman–Crippen LogP) is 2.77. The van der Waals surface area contributed by atoms with E-state index in [1.165, 1.54) is 6.07 Å². The fraction of sp³-hybridized carbons (Fsp3) is 0.562. The van der Waals surface area contributed by atoms with Crippen molar-refractivity contribution < 1.29 is 18.3 Å². The summed E-state index contributed by atoms with van der Waals surface area (Å²) >= 11 is 0. The number of halogens is 2. The molecule has 0 saturated carbocycles. The van der Waals surface area contributed by atoms with Gasteiger partial charge in [-0.1, -0.05) is 12.1 Å². The van der Waals surface area contributed by atoms with Crippen LogP contribution in [0, 0.1) is 0 Å². The lowest BCUT2D eigenvalue weighted by Crippen LogP contribution is -2.45. The van der Waals surface area contributed by atoms with Gasteiger partial charge < -0.3 is 20.1 Å². The molecule has 0 bridgehead atoms. The molecule has 0 fully saturated rings. The second-order valence-electron chi connectivity index (χ2n) is 5.54. The van der Waals surface area contributed by atoms with Crippen molar-refractivity contribution in [2.75, 3.05) is 20.2 Å². The molecule has 7 heteroatoms. The topological polar surface area (TPSA) is 54.9 Å². The van der Waals surface area contributed by atoms with Gasteiger partial charge in [0, 0.05) is 20.2 Å². The molecule has 0 aromatic heterocycles. The van der Waals surface area contributed by atoms with Crippen LogP contribution >= 0.6 is 0 Å². The highest BCUT2D eigenvalue weighted by atomic mass is 19.3. The molecule has 0 radical (unpaired) electrons. The molecule has 5 nitrogen and oxygen atoms in total. The van der Waals surface area contributed by atoms with Gasteiger partial charge in [0.15, 0.2) is 5.96 Å². The molecule has 0 spiro atoms. The molecule has 0 aliphatic heterocycles. The van der Waals surface area contributed by atoms with Gasteiger partial charge in [-0.3, -0.25) is 0 Å². The number of nitrogens with one attached hydrogen (secondary N) is 2. The average molecular weight is 329 g/mol. The molecule has 0 unspecified atom stereocenters. The van der Waals surface area contributed by atoms with Crippen molar-refractivity contribution >= 4 is 5.96 Å². The van der Waals surface area contributed by atoms with E-state index in [0.29, 0.717) is 25.6 Å². The van der Waals surface area contributed by atoms with Crippen LogP contribution in [0.25, 0.3) is 0 Å². The molecule has 0 heterocycles. The summed E-state index contributed by atoms with van der Waals surface area (Å²) in [4.78, 5) is 4.44. The van der Waals surface area contributed by atoms with Crippen LogP contribution in [-0.4, -0.2) is 38.4 Å². The maximum atomic E-state index is 12.2. The molecule has 1 aromatic rings. The molecule has 2 N–H and O–H groups in total. The predicted molar refractivity (Wildman–Crippen MR) is 87.0 cm³/mol. The van der Waals surface area contributed by atoms with Crippen molar-refractivity contribution in [1.29, 1.82) is 0 Å². The summed E-state index contributed by atoms with van der Waals surface area (Å²) in [6.07, 6.45) is 0. The van der Waals surface area contributed by atoms with Crippen molar-refractivity contribution in [3.05, 3.63) is 29.8 Å². The van der Waals surface area contributed by atoms with Crippen LogP contribution in [0.15, 0.2) is 29.3 Å². The van der Waals surface area contributed by atoms with E-state index in [-0.39, 0.29) is 11.4 Å². The van der Waals surface area contributed by atoms with E-state index in [0.717, 1.165) is 5.56 Å². The van der Waals surface area contributed by atoms with E-state index >= 15 is 0 Å². The number of benzene rings is 1. The van der Waals surface area contributed by atoms with Gasteiger partial charge in [0.2, 0.25) is 0 Å². The standard InChI is InChI=1S/C16H25F2N3O2/c1-5-19-15(21-11-16(2,3)22-4)20-10-12-7-6-8-13(9-12)23-14(17)18/h6-9,14H,5,10-11H2,1-4H3,(H2,19,20,21). The fourth-order valence-corrected chi connectivity index (χ4v) is 1.70. The lowest BCUT2D eigenvalue weighted by Gasteiger charge is -2.24. The summed E-state index contributed by atoms with van der Waals surface area (Å²) in [6, 6.07) is 6.52. The molecule has 0 aliphatic carbocycles. The molecule has 1 aromatic carbocycles. The van der Waals surface area contributed by atoms with Gasteiger partial charge in [-0.25, -0.2) is 4.99 Å². The molecular formula is C16H25F2N3O2. The number of methoxy groups -OCH3 is 1. The van der Waals surface area contributed by atoms with Gasteiger partial charge in [-0.2, -0.15) is 8.78 Å². The highest BCUT2D eigenvalue weighted by Gasteiger charge is 2.16. The first kappa shape index (κ1) is 19.2. The monoisotopic (exact) mass is 329 g/mol. The van der Waals surface area contributed by atoms with Gasteiger partial charge in [0.1, 0.15) is 5.75 Å². The summed E-state index contributed by atoms with van der Waals surface area (Å²) < 4.78 is 34.2. The molecule has 23 heavy (non-hydrogen) atoms. The number of rotatable bonds is 8. The quantitative estimate of drug-likeness (QED) is 0.569. The normalized spacial score (nSPS) is 12.4. The number of ether oxygens (including phenoxy) is 2. The number of guanidine groups is 1.